The third kappa shape index (κ3) is 2.45. The molecular formula is C12H16BrN5. The second-order valence-corrected chi connectivity index (χ2v) is 5.14. The normalized spacial score (nSPS) is 12.7. The molecule has 6 heteroatoms. The molecule has 0 saturated heterocycles. The quantitative estimate of drug-likeness (QED) is 0.669. The van der Waals surface area contributed by atoms with Gasteiger partial charge in [0.2, 0.25) is 0 Å². The van der Waals surface area contributed by atoms with Crippen LogP contribution in [0.1, 0.15) is 28.7 Å². The Morgan fingerprint density at radius 2 is 1.94 bits per heavy atom. The number of nitrogens with two attached hydrogens (primary N) is 1. The lowest BCUT2D eigenvalue weighted by Crippen LogP contribution is -2.30. The fraction of sp³-hybridized carbons (Fsp3) is 0.333. The van der Waals surface area contributed by atoms with Crippen LogP contribution in [-0.4, -0.2) is 14.8 Å². The van der Waals surface area contributed by atoms with E-state index < -0.39 is 0 Å². The van der Waals surface area contributed by atoms with Gasteiger partial charge in [-0.1, -0.05) is 0 Å². The Kier molecular flexibility index (Phi) is 3.79. The number of hydrazine groups is 1. The molecule has 2 aromatic rings. The Morgan fingerprint density at radius 3 is 2.39 bits per heavy atom. The van der Waals surface area contributed by atoms with Crippen molar-refractivity contribution in [2.24, 2.45) is 12.9 Å². The van der Waals surface area contributed by atoms with Gasteiger partial charge in [-0.3, -0.25) is 15.5 Å². The monoisotopic (exact) mass is 309 g/mol. The van der Waals surface area contributed by atoms with Crippen molar-refractivity contribution in [3.63, 3.8) is 0 Å². The minimum absolute atomic E-state index is 0.118. The Hall–Kier alpha value is -1.24. The first-order valence-corrected chi connectivity index (χ1v) is 6.41. The molecule has 3 N–H and O–H groups in total. The Balaban J connectivity index is 2.52. The smallest absolute Gasteiger partial charge is 0.0890 e. The van der Waals surface area contributed by atoms with E-state index in [1.54, 1.807) is 10.9 Å². The summed E-state index contributed by atoms with van der Waals surface area (Å²) in [6.07, 6.45) is 1.76. The Labute approximate surface area is 115 Å². The average molecular weight is 310 g/mol. The predicted octanol–water partition coefficient (Wildman–Crippen LogP) is 1.75. The number of halogens is 1. The van der Waals surface area contributed by atoms with Gasteiger partial charge in [0.05, 0.1) is 22.4 Å². The highest BCUT2D eigenvalue weighted by atomic mass is 79.9. The molecule has 0 aliphatic rings. The zero-order chi connectivity index (χ0) is 13.3. The van der Waals surface area contributed by atoms with Crippen LogP contribution >= 0.6 is 15.9 Å². The van der Waals surface area contributed by atoms with E-state index in [1.165, 1.54) is 0 Å². The van der Waals surface area contributed by atoms with Gasteiger partial charge in [-0.15, -0.1) is 0 Å². The molecule has 0 spiro atoms. The van der Waals surface area contributed by atoms with E-state index in [-0.39, 0.29) is 6.04 Å². The predicted molar refractivity (Wildman–Crippen MR) is 73.8 cm³/mol. The summed E-state index contributed by atoms with van der Waals surface area (Å²) in [7, 11) is 1.89. The summed E-state index contributed by atoms with van der Waals surface area (Å²) < 4.78 is 2.74. The van der Waals surface area contributed by atoms with Crippen molar-refractivity contribution in [2.75, 3.05) is 0 Å². The van der Waals surface area contributed by atoms with Crippen LogP contribution in [0.3, 0.4) is 0 Å². The fourth-order valence-electron chi connectivity index (χ4n) is 2.11. The van der Waals surface area contributed by atoms with Crippen molar-refractivity contribution < 1.29 is 0 Å². The van der Waals surface area contributed by atoms with Crippen molar-refractivity contribution in [3.8, 4) is 0 Å². The molecule has 0 amide bonds. The number of pyridine rings is 1. The first kappa shape index (κ1) is 13.2. The molecule has 0 aromatic carbocycles. The highest BCUT2D eigenvalue weighted by molar-refractivity contribution is 9.10. The van der Waals surface area contributed by atoms with E-state index >= 15 is 0 Å². The van der Waals surface area contributed by atoms with Gasteiger partial charge in [0.1, 0.15) is 0 Å². The van der Waals surface area contributed by atoms with Crippen molar-refractivity contribution in [3.05, 3.63) is 45.4 Å². The van der Waals surface area contributed by atoms with E-state index in [1.807, 2.05) is 33.0 Å². The minimum Gasteiger partial charge on any atom is -0.271 e. The number of hydrogen-bond acceptors (Lipinski definition) is 4. The molecule has 1 atom stereocenters. The van der Waals surface area contributed by atoms with Crippen molar-refractivity contribution >= 4 is 15.9 Å². The maximum absolute atomic E-state index is 5.70. The Bertz CT molecular complexity index is 524. The maximum Gasteiger partial charge on any atom is 0.0890 e. The molecule has 1 unspecified atom stereocenters. The lowest BCUT2D eigenvalue weighted by molar-refractivity contribution is 0.572. The third-order valence-corrected chi connectivity index (χ3v) is 3.43. The summed E-state index contributed by atoms with van der Waals surface area (Å²) in [6, 6.07) is 3.93. The fourth-order valence-corrected chi connectivity index (χ4v) is 2.69. The van der Waals surface area contributed by atoms with E-state index in [4.69, 9.17) is 5.84 Å². The maximum atomic E-state index is 5.70. The lowest BCUT2D eigenvalue weighted by atomic mass is 10.0. The van der Waals surface area contributed by atoms with Gasteiger partial charge in [0, 0.05) is 18.4 Å². The minimum atomic E-state index is -0.118. The SMILES string of the molecule is Cc1cc(C(NN)c2c(Br)cnn2C)cc(C)n1. The number of rotatable bonds is 3. The van der Waals surface area contributed by atoms with Crippen LogP contribution in [0, 0.1) is 13.8 Å². The van der Waals surface area contributed by atoms with Crippen molar-refractivity contribution in [1.29, 1.82) is 0 Å². The highest BCUT2D eigenvalue weighted by Gasteiger charge is 2.20. The molecule has 0 saturated carbocycles. The van der Waals surface area contributed by atoms with E-state index in [0.717, 1.165) is 27.1 Å². The van der Waals surface area contributed by atoms with Gasteiger partial charge in [-0.05, 0) is 47.5 Å². The molecule has 5 nitrogen and oxygen atoms in total. The van der Waals surface area contributed by atoms with Crippen molar-refractivity contribution in [1.82, 2.24) is 20.2 Å². The summed E-state index contributed by atoms with van der Waals surface area (Å²) in [5, 5.41) is 4.21. The zero-order valence-corrected chi connectivity index (χ0v) is 12.2. The molecular weight excluding hydrogens is 294 g/mol. The van der Waals surface area contributed by atoms with Crippen LogP contribution < -0.4 is 11.3 Å². The number of aromatic nitrogens is 3. The number of aryl methyl sites for hydroxylation is 3. The molecule has 0 radical (unpaired) electrons. The van der Waals surface area contributed by atoms with Crippen LogP contribution in [0.2, 0.25) is 0 Å². The largest absolute Gasteiger partial charge is 0.271 e. The summed E-state index contributed by atoms with van der Waals surface area (Å²) in [5.74, 6) is 5.70. The standard InChI is InChI=1S/C12H16BrN5/c1-7-4-9(5-8(2)16-7)11(17-14)12-10(13)6-15-18(12)3/h4-6,11,17H,14H2,1-3H3. The van der Waals surface area contributed by atoms with Gasteiger partial charge in [-0.25, -0.2) is 5.43 Å². The number of hydrogen-bond donors (Lipinski definition) is 2. The lowest BCUT2D eigenvalue weighted by Gasteiger charge is -2.18. The van der Waals surface area contributed by atoms with Gasteiger partial charge in [0.15, 0.2) is 0 Å². The van der Waals surface area contributed by atoms with Crippen molar-refractivity contribution in [2.45, 2.75) is 19.9 Å². The summed E-state index contributed by atoms with van der Waals surface area (Å²) in [5.41, 5.74) is 6.85. The summed E-state index contributed by atoms with van der Waals surface area (Å²) in [4.78, 5) is 4.37. The molecule has 0 bridgehead atoms. The van der Waals surface area contributed by atoms with E-state index in [0.29, 0.717) is 0 Å². The summed E-state index contributed by atoms with van der Waals surface area (Å²) in [6.45, 7) is 3.95. The summed E-state index contributed by atoms with van der Waals surface area (Å²) >= 11 is 3.50. The molecule has 96 valence electrons. The molecule has 2 aromatic heterocycles. The first-order chi connectivity index (χ1) is 8.52. The molecule has 2 heterocycles. The zero-order valence-electron chi connectivity index (χ0n) is 10.6. The van der Waals surface area contributed by atoms with Gasteiger partial charge in [-0.2, -0.15) is 5.10 Å². The molecule has 0 aliphatic heterocycles. The molecule has 2 rings (SSSR count). The van der Waals surface area contributed by atoms with Gasteiger partial charge in [0.25, 0.3) is 0 Å². The first-order valence-electron chi connectivity index (χ1n) is 5.61. The third-order valence-electron chi connectivity index (χ3n) is 2.81. The number of nitrogens with zero attached hydrogens (tertiary/aromatic N) is 3. The van der Waals surface area contributed by atoms with Gasteiger partial charge < -0.3 is 0 Å². The molecule has 18 heavy (non-hydrogen) atoms. The number of nitrogens with one attached hydrogen (secondary N) is 1. The van der Waals surface area contributed by atoms with Gasteiger partial charge >= 0.3 is 0 Å². The van der Waals surface area contributed by atoms with E-state index in [9.17, 15) is 0 Å². The second kappa shape index (κ2) is 5.17. The Morgan fingerprint density at radius 1 is 1.33 bits per heavy atom. The van der Waals surface area contributed by atoms with Crippen LogP contribution in [0.5, 0.6) is 0 Å². The highest BCUT2D eigenvalue weighted by Crippen LogP contribution is 2.28. The van der Waals surface area contributed by atoms with Crippen LogP contribution in [-0.2, 0) is 7.05 Å². The van der Waals surface area contributed by atoms with Crippen LogP contribution in [0.15, 0.2) is 22.8 Å². The molecule has 0 fully saturated rings. The second-order valence-electron chi connectivity index (χ2n) is 4.28. The van der Waals surface area contributed by atoms with Crippen LogP contribution in [0.4, 0.5) is 0 Å². The molecule has 0 aliphatic carbocycles. The topological polar surface area (TPSA) is 68.8 Å². The van der Waals surface area contributed by atoms with E-state index in [2.05, 4.69) is 31.4 Å². The average Bonchev–Trinajstić information content (AvgIpc) is 2.61. The van der Waals surface area contributed by atoms with Crippen LogP contribution in [0.25, 0.3) is 0 Å².